The number of hydrogen-bond acceptors (Lipinski definition) is 3. The molecule has 0 spiro atoms. The van der Waals surface area contributed by atoms with Gasteiger partial charge in [-0.15, -0.1) is 0 Å². The van der Waals surface area contributed by atoms with Crippen LogP contribution in [0.1, 0.15) is 42.8 Å². The van der Waals surface area contributed by atoms with Gasteiger partial charge in [0.1, 0.15) is 11.5 Å². The van der Waals surface area contributed by atoms with Gasteiger partial charge in [-0.3, -0.25) is 9.48 Å². The number of aryl methyl sites for hydroxylation is 2. The van der Waals surface area contributed by atoms with E-state index < -0.39 is 0 Å². The highest BCUT2D eigenvalue weighted by atomic mass is 16.3. The van der Waals surface area contributed by atoms with E-state index in [-0.39, 0.29) is 17.9 Å². The van der Waals surface area contributed by atoms with Crippen molar-refractivity contribution in [1.29, 1.82) is 0 Å². The van der Waals surface area contributed by atoms with Gasteiger partial charge in [-0.25, -0.2) is 0 Å². The Bertz CT molecular complexity index is 645. The molecule has 3 heterocycles. The quantitative estimate of drug-likeness (QED) is 0.872. The van der Waals surface area contributed by atoms with E-state index in [2.05, 4.69) is 5.10 Å². The lowest BCUT2D eigenvalue weighted by Crippen LogP contribution is -2.40. The molecule has 0 aromatic carbocycles. The maximum Gasteiger partial charge on any atom is 0.230 e. The second-order valence-corrected chi connectivity index (χ2v) is 6.15. The first-order chi connectivity index (χ1) is 10.6. The van der Waals surface area contributed by atoms with E-state index in [1.54, 1.807) is 6.20 Å². The standard InChI is InChI=1S/C17H23N3O2/c1-12-10-16(14(3)22-12)13(2)17(21)20-9-4-6-15(20)11-19-8-5-7-18-19/h5,7-8,10,13,15H,4,6,9,11H2,1-3H3. The minimum Gasteiger partial charge on any atom is -0.466 e. The van der Waals surface area contributed by atoms with Crippen molar-refractivity contribution < 1.29 is 9.21 Å². The number of hydrogen-bond donors (Lipinski definition) is 0. The number of rotatable bonds is 4. The predicted octanol–water partition coefficient (Wildman–Crippen LogP) is 2.89. The van der Waals surface area contributed by atoms with Crippen LogP contribution in [0, 0.1) is 13.8 Å². The molecule has 0 bridgehead atoms. The highest BCUT2D eigenvalue weighted by molar-refractivity contribution is 5.84. The van der Waals surface area contributed by atoms with Crippen LogP contribution in [0.5, 0.6) is 0 Å². The molecular formula is C17H23N3O2. The summed E-state index contributed by atoms with van der Waals surface area (Å²) < 4.78 is 7.49. The molecule has 2 aromatic heterocycles. The van der Waals surface area contributed by atoms with E-state index in [0.717, 1.165) is 43.0 Å². The van der Waals surface area contributed by atoms with E-state index >= 15 is 0 Å². The van der Waals surface area contributed by atoms with Gasteiger partial charge in [-0.05, 0) is 45.7 Å². The van der Waals surface area contributed by atoms with Crippen molar-refractivity contribution in [2.75, 3.05) is 6.54 Å². The summed E-state index contributed by atoms with van der Waals surface area (Å²) in [6.45, 7) is 7.43. The van der Waals surface area contributed by atoms with Crippen LogP contribution in [0.2, 0.25) is 0 Å². The van der Waals surface area contributed by atoms with Crippen molar-refractivity contribution in [3.8, 4) is 0 Å². The summed E-state index contributed by atoms with van der Waals surface area (Å²) in [5.41, 5.74) is 1.01. The number of furan rings is 1. The lowest BCUT2D eigenvalue weighted by atomic mass is 9.99. The normalized spacial score (nSPS) is 19.6. The van der Waals surface area contributed by atoms with Gasteiger partial charge in [0.2, 0.25) is 5.91 Å². The summed E-state index contributed by atoms with van der Waals surface area (Å²) in [5, 5.41) is 4.26. The van der Waals surface area contributed by atoms with Crippen LogP contribution in [0.15, 0.2) is 28.9 Å². The molecule has 0 N–H and O–H groups in total. The van der Waals surface area contributed by atoms with Gasteiger partial charge in [0, 0.05) is 24.5 Å². The van der Waals surface area contributed by atoms with Crippen LogP contribution >= 0.6 is 0 Å². The van der Waals surface area contributed by atoms with E-state index in [1.807, 2.05) is 48.7 Å². The van der Waals surface area contributed by atoms with Gasteiger partial charge >= 0.3 is 0 Å². The molecule has 1 fully saturated rings. The van der Waals surface area contributed by atoms with Gasteiger partial charge in [-0.2, -0.15) is 5.10 Å². The summed E-state index contributed by atoms with van der Waals surface area (Å²) in [7, 11) is 0. The largest absolute Gasteiger partial charge is 0.466 e. The van der Waals surface area contributed by atoms with E-state index in [9.17, 15) is 4.79 Å². The average Bonchev–Trinajstić information content (AvgIpc) is 3.20. The highest BCUT2D eigenvalue weighted by Crippen LogP contribution is 2.28. The van der Waals surface area contributed by atoms with Gasteiger partial charge in [0.05, 0.1) is 18.5 Å². The number of carbonyl (C=O) groups is 1. The molecule has 5 heteroatoms. The Kier molecular flexibility index (Phi) is 4.05. The van der Waals surface area contributed by atoms with Crippen LogP contribution in [-0.4, -0.2) is 33.2 Å². The molecule has 1 aliphatic rings. The van der Waals surface area contributed by atoms with Crippen molar-refractivity contribution in [2.45, 2.75) is 52.1 Å². The van der Waals surface area contributed by atoms with Crippen molar-refractivity contribution in [3.05, 3.63) is 41.6 Å². The summed E-state index contributed by atoms with van der Waals surface area (Å²) in [5.74, 6) is 1.75. The molecule has 1 amide bonds. The Morgan fingerprint density at radius 3 is 2.95 bits per heavy atom. The first kappa shape index (κ1) is 14.9. The summed E-state index contributed by atoms with van der Waals surface area (Å²) >= 11 is 0. The maximum atomic E-state index is 12.9. The van der Waals surface area contributed by atoms with Crippen LogP contribution in [0.3, 0.4) is 0 Å². The topological polar surface area (TPSA) is 51.3 Å². The highest BCUT2D eigenvalue weighted by Gasteiger charge is 2.33. The van der Waals surface area contributed by atoms with E-state index in [4.69, 9.17) is 4.42 Å². The van der Waals surface area contributed by atoms with Crippen molar-refractivity contribution in [1.82, 2.24) is 14.7 Å². The van der Waals surface area contributed by atoms with Gasteiger partial charge in [-0.1, -0.05) is 0 Å². The lowest BCUT2D eigenvalue weighted by Gasteiger charge is -2.27. The number of carbonyl (C=O) groups excluding carboxylic acids is 1. The van der Waals surface area contributed by atoms with Crippen LogP contribution < -0.4 is 0 Å². The van der Waals surface area contributed by atoms with E-state index in [1.165, 1.54) is 0 Å². The smallest absolute Gasteiger partial charge is 0.230 e. The molecule has 5 nitrogen and oxygen atoms in total. The molecule has 0 aliphatic carbocycles. The van der Waals surface area contributed by atoms with Crippen LogP contribution in [0.25, 0.3) is 0 Å². The fraction of sp³-hybridized carbons (Fsp3) is 0.529. The lowest BCUT2D eigenvalue weighted by molar-refractivity contribution is -0.133. The fourth-order valence-electron chi connectivity index (χ4n) is 3.40. The molecule has 2 atom stereocenters. The summed E-state index contributed by atoms with van der Waals surface area (Å²) in [6.07, 6.45) is 5.84. The van der Waals surface area contributed by atoms with Gasteiger partial charge in [0.25, 0.3) is 0 Å². The fourth-order valence-corrected chi connectivity index (χ4v) is 3.40. The molecule has 3 rings (SSSR count). The third kappa shape index (κ3) is 2.80. The zero-order valence-corrected chi connectivity index (χ0v) is 13.5. The second-order valence-electron chi connectivity index (χ2n) is 6.15. The number of nitrogens with zero attached hydrogens (tertiary/aromatic N) is 3. The Balaban J connectivity index is 1.74. The third-order valence-corrected chi connectivity index (χ3v) is 4.53. The zero-order chi connectivity index (χ0) is 15.7. The summed E-state index contributed by atoms with van der Waals surface area (Å²) in [6, 6.07) is 4.14. The molecule has 1 aliphatic heterocycles. The third-order valence-electron chi connectivity index (χ3n) is 4.53. The first-order valence-corrected chi connectivity index (χ1v) is 7.91. The number of likely N-dealkylation sites (tertiary alicyclic amines) is 1. The minimum absolute atomic E-state index is 0.157. The minimum atomic E-state index is -0.157. The van der Waals surface area contributed by atoms with Crippen molar-refractivity contribution >= 4 is 5.91 Å². The Hall–Kier alpha value is -2.04. The molecule has 0 saturated carbocycles. The molecule has 22 heavy (non-hydrogen) atoms. The van der Waals surface area contributed by atoms with Crippen molar-refractivity contribution in [2.24, 2.45) is 0 Å². The molecule has 0 radical (unpaired) electrons. The van der Waals surface area contributed by atoms with Crippen molar-refractivity contribution in [3.63, 3.8) is 0 Å². The number of aromatic nitrogens is 2. The second kappa shape index (κ2) is 5.99. The Labute approximate surface area is 130 Å². The Morgan fingerprint density at radius 2 is 2.32 bits per heavy atom. The zero-order valence-electron chi connectivity index (χ0n) is 13.5. The van der Waals surface area contributed by atoms with Gasteiger partial charge in [0.15, 0.2) is 0 Å². The monoisotopic (exact) mass is 301 g/mol. The van der Waals surface area contributed by atoms with Gasteiger partial charge < -0.3 is 9.32 Å². The maximum absolute atomic E-state index is 12.9. The van der Waals surface area contributed by atoms with E-state index in [0.29, 0.717) is 0 Å². The molecule has 2 unspecified atom stereocenters. The predicted molar refractivity (Wildman–Crippen MR) is 83.6 cm³/mol. The molecule has 1 saturated heterocycles. The van der Waals surface area contributed by atoms with Crippen LogP contribution in [-0.2, 0) is 11.3 Å². The molecule has 118 valence electrons. The SMILES string of the molecule is Cc1cc(C(C)C(=O)N2CCCC2Cn2cccn2)c(C)o1. The van der Waals surface area contributed by atoms with Crippen LogP contribution in [0.4, 0.5) is 0 Å². The number of amides is 1. The average molecular weight is 301 g/mol. The molecular weight excluding hydrogens is 278 g/mol. The Morgan fingerprint density at radius 1 is 1.50 bits per heavy atom. The first-order valence-electron chi connectivity index (χ1n) is 7.91. The molecule has 2 aromatic rings. The summed E-state index contributed by atoms with van der Waals surface area (Å²) in [4.78, 5) is 14.9.